The zero-order valence-corrected chi connectivity index (χ0v) is 17.2. The Balaban J connectivity index is 1.71. The summed E-state index contributed by atoms with van der Waals surface area (Å²) in [7, 11) is 0. The number of rotatable bonds is 7. The molecule has 1 aromatic carbocycles. The zero-order valence-electron chi connectivity index (χ0n) is 15.6. The number of nitrogens with one attached hydrogen (secondary N) is 1. The molecule has 1 amide bonds. The van der Waals surface area contributed by atoms with Crippen LogP contribution in [0.25, 0.3) is 10.6 Å². The SMILES string of the molecule is CCn1cc(NC(=O)CCc2sc(-c3cc(F)c(O)cc3F)nc2Cl)c(C(=O)O)c1. The van der Waals surface area contributed by atoms with Gasteiger partial charge < -0.3 is 20.1 Å². The summed E-state index contributed by atoms with van der Waals surface area (Å²) < 4.78 is 29.2. The Kier molecular flexibility index (Phi) is 6.37. The van der Waals surface area contributed by atoms with Gasteiger partial charge in [-0.3, -0.25) is 4.79 Å². The lowest BCUT2D eigenvalue weighted by atomic mass is 10.2. The number of halogens is 3. The number of aromatic nitrogens is 2. The second-order valence-corrected chi connectivity index (χ2v) is 7.73. The van der Waals surface area contributed by atoms with Crippen LogP contribution < -0.4 is 5.32 Å². The molecule has 2 aromatic heterocycles. The van der Waals surface area contributed by atoms with E-state index in [0.717, 1.165) is 17.4 Å². The molecule has 7 nitrogen and oxygen atoms in total. The predicted octanol–water partition coefficient (Wildman–Crippen LogP) is 4.54. The van der Waals surface area contributed by atoms with Gasteiger partial charge >= 0.3 is 5.97 Å². The van der Waals surface area contributed by atoms with Gasteiger partial charge in [-0.25, -0.2) is 18.6 Å². The van der Waals surface area contributed by atoms with Gasteiger partial charge in [0.1, 0.15) is 21.5 Å². The standard InChI is InChI=1S/C19H16ClF2N3O4S/c1-2-25-7-10(19(28)29)13(8-25)23-16(27)4-3-15-17(20)24-18(30-15)9-5-12(22)14(26)6-11(9)21/h5-8,26H,2-4H2,1H3,(H,23,27)(H,28,29). The lowest BCUT2D eigenvalue weighted by molar-refractivity contribution is -0.116. The van der Waals surface area contributed by atoms with E-state index in [2.05, 4.69) is 10.3 Å². The maximum atomic E-state index is 14.0. The van der Waals surface area contributed by atoms with Gasteiger partial charge in [0.25, 0.3) is 0 Å². The van der Waals surface area contributed by atoms with E-state index in [1.807, 2.05) is 6.92 Å². The average Bonchev–Trinajstić information content (AvgIpc) is 3.26. The fourth-order valence-electron chi connectivity index (χ4n) is 2.70. The van der Waals surface area contributed by atoms with Gasteiger partial charge in [-0.05, 0) is 19.4 Å². The van der Waals surface area contributed by atoms with Crippen LogP contribution in [0.1, 0.15) is 28.6 Å². The van der Waals surface area contributed by atoms with Crippen molar-refractivity contribution in [1.29, 1.82) is 0 Å². The van der Waals surface area contributed by atoms with Crippen molar-refractivity contribution in [3.63, 3.8) is 0 Å². The van der Waals surface area contributed by atoms with Crippen molar-refractivity contribution in [3.8, 4) is 16.3 Å². The first-order chi connectivity index (χ1) is 14.2. The molecule has 158 valence electrons. The molecule has 2 heterocycles. The number of carbonyl (C=O) groups is 2. The number of phenolic OH excluding ortho intramolecular Hbond substituents is 1. The summed E-state index contributed by atoms with van der Waals surface area (Å²) >= 11 is 7.07. The number of phenols is 1. The van der Waals surface area contributed by atoms with E-state index in [4.69, 9.17) is 11.6 Å². The Morgan fingerprint density at radius 1 is 1.27 bits per heavy atom. The summed E-state index contributed by atoms with van der Waals surface area (Å²) in [5.74, 6) is -4.25. The van der Waals surface area contributed by atoms with Crippen molar-refractivity contribution in [2.75, 3.05) is 5.32 Å². The molecule has 0 radical (unpaired) electrons. The lowest BCUT2D eigenvalue weighted by Gasteiger charge is -2.04. The van der Waals surface area contributed by atoms with Crippen LogP contribution in [0.2, 0.25) is 5.15 Å². The Morgan fingerprint density at radius 2 is 2.00 bits per heavy atom. The van der Waals surface area contributed by atoms with Gasteiger partial charge in [-0.2, -0.15) is 0 Å². The van der Waals surface area contributed by atoms with E-state index in [9.17, 15) is 28.6 Å². The van der Waals surface area contributed by atoms with Gasteiger partial charge in [-0.15, -0.1) is 11.3 Å². The lowest BCUT2D eigenvalue weighted by Crippen LogP contribution is -2.13. The van der Waals surface area contributed by atoms with Crippen LogP contribution in [0, 0.1) is 11.6 Å². The van der Waals surface area contributed by atoms with E-state index in [1.54, 1.807) is 4.57 Å². The molecule has 0 saturated heterocycles. The predicted molar refractivity (Wildman–Crippen MR) is 108 cm³/mol. The molecule has 3 rings (SSSR count). The van der Waals surface area contributed by atoms with Gasteiger partial charge in [-0.1, -0.05) is 11.6 Å². The topological polar surface area (TPSA) is 104 Å². The third-order valence-corrected chi connectivity index (χ3v) is 5.82. The summed E-state index contributed by atoms with van der Waals surface area (Å²) in [5.41, 5.74) is 0.0140. The molecule has 11 heteroatoms. The molecule has 0 spiro atoms. The number of thiazole rings is 1. The number of amides is 1. The zero-order chi connectivity index (χ0) is 22.0. The highest BCUT2D eigenvalue weighted by Gasteiger charge is 2.19. The van der Waals surface area contributed by atoms with Gasteiger partial charge in [0.05, 0.1) is 5.69 Å². The first-order valence-corrected chi connectivity index (χ1v) is 9.95. The highest BCUT2D eigenvalue weighted by Crippen LogP contribution is 2.35. The van der Waals surface area contributed by atoms with Crippen LogP contribution in [0.15, 0.2) is 24.5 Å². The number of anilines is 1. The molecule has 3 N–H and O–H groups in total. The Morgan fingerprint density at radius 3 is 2.67 bits per heavy atom. The number of benzene rings is 1. The molecular formula is C19H16ClF2N3O4S. The quantitative estimate of drug-likeness (QED) is 0.485. The van der Waals surface area contributed by atoms with Gasteiger partial charge in [0, 0.05) is 41.9 Å². The molecular weight excluding hydrogens is 440 g/mol. The van der Waals surface area contributed by atoms with Crippen LogP contribution in [0.4, 0.5) is 14.5 Å². The molecule has 3 aromatic rings. The van der Waals surface area contributed by atoms with Crippen LogP contribution in [-0.2, 0) is 17.8 Å². The van der Waals surface area contributed by atoms with Crippen LogP contribution in [-0.4, -0.2) is 31.6 Å². The number of carboxylic acid groups (broad SMARTS) is 1. The number of nitrogens with zero attached hydrogens (tertiary/aromatic N) is 2. The number of carbonyl (C=O) groups excluding carboxylic acids is 1. The van der Waals surface area contributed by atoms with Gasteiger partial charge in [0.2, 0.25) is 5.91 Å². The number of aromatic hydroxyl groups is 1. The normalized spacial score (nSPS) is 10.9. The molecule has 0 aliphatic carbocycles. The summed E-state index contributed by atoms with van der Waals surface area (Å²) in [6, 6.07) is 1.47. The second-order valence-electron chi connectivity index (χ2n) is 6.29. The number of aryl methyl sites for hydroxylation is 2. The average molecular weight is 456 g/mol. The third kappa shape index (κ3) is 4.60. The van der Waals surface area contributed by atoms with Crippen molar-refractivity contribution in [2.45, 2.75) is 26.3 Å². The van der Waals surface area contributed by atoms with Crippen LogP contribution >= 0.6 is 22.9 Å². The van der Waals surface area contributed by atoms with Crippen LogP contribution in [0.3, 0.4) is 0 Å². The molecule has 0 bridgehead atoms. The second kappa shape index (κ2) is 8.80. The number of hydrogen-bond donors (Lipinski definition) is 3. The highest BCUT2D eigenvalue weighted by atomic mass is 35.5. The Labute approximate surface area is 178 Å². The summed E-state index contributed by atoms with van der Waals surface area (Å²) in [6.45, 7) is 2.38. The number of carboxylic acids is 1. The smallest absolute Gasteiger partial charge is 0.339 e. The number of aromatic carboxylic acids is 1. The van der Waals surface area contributed by atoms with Crippen molar-refractivity contribution < 1.29 is 28.6 Å². The van der Waals surface area contributed by atoms with E-state index in [-0.39, 0.29) is 39.8 Å². The molecule has 0 saturated carbocycles. The Bertz CT molecular complexity index is 1130. The van der Waals surface area contributed by atoms with E-state index >= 15 is 0 Å². The fraction of sp³-hybridized carbons (Fsp3) is 0.211. The Hall–Kier alpha value is -2.98. The van der Waals surface area contributed by atoms with Crippen molar-refractivity contribution >= 4 is 40.5 Å². The minimum absolute atomic E-state index is 0.0202. The monoisotopic (exact) mass is 455 g/mol. The molecule has 0 atom stereocenters. The van der Waals surface area contributed by atoms with Gasteiger partial charge in [0.15, 0.2) is 11.6 Å². The number of hydrogen-bond acceptors (Lipinski definition) is 5. The maximum absolute atomic E-state index is 14.0. The van der Waals surface area contributed by atoms with E-state index in [1.165, 1.54) is 12.4 Å². The minimum Gasteiger partial charge on any atom is -0.505 e. The highest BCUT2D eigenvalue weighted by molar-refractivity contribution is 7.15. The summed E-state index contributed by atoms with van der Waals surface area (Å²) in [5, 5.41) is 21.2. The summed E-state index contributed by atoms with van der Waals surface area (Å²) in [6.07, 6.45) is 3.10. The minimum atomic E-state index is -1.16. The van der Waals surface area contributed by atoms with Crippen LogP contribution in [0.5, 0.6) is 5.75 Å². The molecule has 0 unspecified atom stereocenters. The first kappa shape index (κ1) is 21.7. The first-order valence-electron chi connectivity index (χ1n) is 8.76. The van der Waals surface area contributed by atoms with E-state index < -0.39 is 29.3 Å². The largest absolute Gasteiger partial charge is 0.505 e. The molecule has 0 fully saturated rings. The molecule has 0 aliphatic rings. The fourth-order valence-corrected chi connectivity index (χ4v) is 4.02. The van der Waals surface area contributed by atoms with Crippen molar-refractivity contribution in [1.82, 2.24) is 9.55 Å². The maximum Gasteiger partial charge on any atom is 0.339 e. The van der Waals surface area contributed by atoms with Crippen molar-refractivity contribution in [3.05, 3.63) is 51.8 Å². The van der Waals surface area contributed by atoms with E-state index in [0.29, 0.717) is 17.5 Å². The van der Waals surface area contributed by atoms with Crippen molar-refractivity contribution in [2.24, 2.45) is 0 Å². The molecule has 0 aliphatic heterocycles. The molecule has 30 heavy (non-hydrogen) atoms. The summed E-state index contributed by atoms with van der Waals surface area (Å²) in [4.78, 5) is 28.1. The third-order valence-electron chi connectivity index (χ3n) is 4.25.